The molecule has 0 fully saturated rings. The summed E-state index contributed by atoms with van der Waals surface area (Å²) >= 11 is 0. The van der Waals surface area contributed by atoms with Gasteiger partial charge in [-0.05, 0) is 55.0 Å². The highest BCUT2D eigenvalue weighted by Gasteiger charge is 2.19. The number of anilines is 1. The molecular weight excluding hydrogens is 406 g/mol. The summed E-state index contributed by atoms with van der Waals surface area (Å²) in [7, 11) is 1.39. The van der Waals surface area contributed by atoms with Crippen molar-refractivity contribution in [1.29, 1.82) is 0 Å². The van der Waals surface area contributed by atoms with Crippen LogP contribution in [0.25, 0.3) is 5.69 Å². The van der Waals surface area contributed by atoms with E-state index >= 15 is 0 Å². The minimum atomic E-state index is -0.499. The number of methoxy groups -OCH3 is 1. The quantitative estimate of drug-likeness (QED) is 0.487. The molecule has 0 bridgehead atoms. The molecular formula is C25H21N3O4. The number of amides is 1. The van der Waals surface area contributed by atoms with Crippen LogP contribution in [-0.4, -0.2) is 22.8 Å². The number of nitrogens with zero attached hydrogens (tertiary/aromatic N) is 2. The Morgan fingerprint density at radius 1 is 0.906 bits per heavy atom. The molecule has 4 aromatic rings. The fourth-order valence-corrected chi connectivity index (χ4v) is 3.15. The maximum Gasteiger partial charge on any atom is 0.280 e. The number of carbonyl (C=O) groups excluding carboxylic acids is 1. The van der Waals surface area contributed by atoms with Gasteiger partial charge in [-0.25, -0.2) is 0 Å². The molecule has 0 saturated carbocycles. The second-order valence-corrected chi connectivity index (χ2v) is 6.99. The third kappa shape index (κ3) is 4.52. The summed E-state index contributed by atoms with van der Waals surface area (Å²) in [5.41, 5.74) is 1.60. The van der Waals surface area contributed by atoms with Gasteiger partial charge >= 0.3 is 0 Å². The van der Waals surface area contributed by atoms with Gasteiger partial charge in [0, 0.05) is 5.69 Å². The van der Waals surface area contributed by atoms with Crippen molar-refractivity contribution in [2.75, 3.05) is 12.4 Å². The molecule has 0 saturated heterocycles. The molecule has 1 aromatic heterocycles. The molecule has 1 N–H and O–H groups in total. The van der Waals surface area contributed by atoms with E-state index in [1.54, 1.807) is 36.4 Å². The first-order valence-corrected chi connectivity index (χ1v) is 9.94. The lowest BCUT2D eigenvalue weighted by Crippen LogP contribution is -2.26. The first kappa shape index (κ1) is 20.9. The Bertz CT molecular complexity index is 1300. The van der Waals surface area contributed by atoms with Crippen molar-refractivity contribution in [3.63, 3.8) is 0 Å². The number of carbonyl (C=O) groups is 1. The third-order valence-corrected chi connectivity index (χ3v) is 4.77. The average Bonchev–Trinajstić information content (AvgIpc) is 2.81. The van der Waals surface area contributed by atoms with Crippen molar-refractivity contribution < 1.29 is 14.3 Å². The first-order chi connectivity index (χ1) is 15.5. The van der Waals surface area contributed by atoms with E-state index in [9.17, 15) is 9.59 Å². The summed E-state index contributed by atoms with van der Waals surface area (Å²) in [5.74, 6) is 0.956. The van der Waals surface area contributed by atoms with Gasteiger partial charge in [-0.15, -0.1) is 0 Å². The second kappa shape index (κ2) is 9.18. The van der Waals surface area contributed by atoms with Crippen molar-refractivity contribution in [3.8, 4) is 22.9 Å². The van der Waals surface area contributed by atoms with Crippen molar-refractivity contribution >= 4 is 11.6 Å². The number of aryl methyl sites for hydroxylation is 1. The lowest BCUT2D eigenvalue weighted by molar-refractivity contribution is 0.101. The van der Waals surface area contributed by atoms with E-state index in [1.807, 2.05) is 49.4 Å². The van der Waals surface area contributed by atoms with E-state index in [0.717, 1.165) is 11.3 Å². The summed E-state index contributed by atoms with van der Waals surface area (Å²) in [6.45, 7) is 1.87. The zero-order valence-corrected chi connectivity index (χ0v) is 17.6. The van der Waals surface area contributed by atoms with E-state index in [1.165, 1.54) is 17.9 Å². The Labute approximate surface area is 184 Å². The SMILES string of the molecule is COc1cc(=O)n(-c2ccccc2C)nc1C(=O)Nc1ccc(Oc2ccccc2)cc1. The van der Waals surface area contributed by atoms with Gasteiger partial charge < -0.3 is 14.8 Å². The number of benzene rings is 3. The maximum absolute atomic E-state index is 12.9. The number of nitrogens with one attached hydrogen (secondary N) is 1. The third-order valence-electron chi connectivity index (χ3n) is 4.77. The van der Waals surface area contributed by atoms with Gasteiger partial charge in [-0.2, -0.15) is 9.78 Å². The first-order valence-electron chi connectivity index (χ1n) is 9.94. The van der Waals surface area contributed by atoms with Crippen LogP contribution in [0, 0.1) is 6.92 Å². The minimum absolute atomic E-state index is 0.0000323. The second-order valence-electron chi connectivity index (χ2n) is 6.99. The van der Waals surface area contributed by atoms with Gasteiger partial charge in [0.25, 0.3) is 11.5 Å². The van der Waals surface area contributed by atoms with Gasteiger partial charge in [-0.3, -0.25) is 9.59 Å². The Morgan fingerprint density at radius 2 is 1.56 bits per heavy atom. The zero-order valence-electron chi connectivity index (χ0n) is 17.6. The monoisotopic (exact) mass is 427 g/mol. The Morgan fingerprint density at radius 3 is 2.25 bits per heavy atom. The summed E-state index contributed by atoms with van der Waals surface area (Å²) < 4.78 is 12.2. The standard InChI is InChI=1S/C25H21N3O4/c1-17-8-6-7-11-21(17)28-23(29)16-22(31-2)24(27-28)25(30)26-18-12-14-20(15-13-18)32-19-9-4-3-5-10-19/h3-16H,1-2H3,(H,26,30). The van der Waals surface area contributed by atoms with E-state index < -0.39 is 11.5 Å². The molecule has 160 valence electrons. The molecule has 4 rings (SSSR count). The van der Waals surface area contributed by atoms with Crippen LogP contribution in [0.15, 0.2) is 89.7 Å². The number of ether oxygens (including phenoxy) is 2. The van der Waals surface area contributed by atoms with E-state index in [4.69, 9.17) is 9.47 Å². The molecule has 0 aliphatic heterocycles. The van der Waals surface area contributed by atoms with Crippen molar-refractivity contribution in [3.05, 3.63) is 107 Å². The van der Waals surface area contributed by atoms with Crippen molar-refractivity contribution in [2.45, 2.75) is 6.92 Å². The number of para-hydroxylation sites is 2. The highest BCUT2D eigenvalue weighted by molar-refractivity contribution is 6.04. The molecule has 0 aliphatic rings. The number of hydrogen-bond donors (Lipinski definition) is 1. The summed E-state index contributed by atoms with van der Waals surface area (Å²) in [6, 6.07) is 24.9. The van der Waals surface area contributed by atoms with Gasteiger partial charge in [0.05, 0.1) is 18.9 Å². The van der Waals surface area contributed by atoms with Crippen LogP contribution in [0.1, 0.15) is 16.1 Å². The Hall–Kier alpha value is -4.39. The predicted molar refractivity (Wildman–Crippen MR) is 122 cm³/mol. The highest BCUT2D eigenvalue weighted by atomic mass is 16.5. The van der Waals surface area contributed by atoms with Gasteiger partial charge in [0.15, 0.2) is 11.4 Å². The fraction of sp³-hybridized carbons (Fsp3) is 0.0800. The number of rotatable bonds is 6. The molecule has 0 aliphatic carbocycles. The predicted octanol–water partition coefficient (Wildman–Crippen LogP) is 4.59. The van der Waals surface area contributed by atoms with E-state index in [-0.39, 0.29) is 11.4 Å². The minimum Gasteiger partial charge on any atom is -0.494 e. The van der Waals surface area contributed by atoms with Crippen LogP contribution < -0.4 is 20.3 Å². The van der Waals surface area contributed by atoms with Crippen LogP contribution in [0.5, 0.6) is 17.2 Å². The molecule has 0 spiro atoms. The van der Waals surface area contributed by atoms with Crippen LogP contribution in [0.4, 0.5) is 5.69 Å². The molecule has 0 unspecified atom stereocenters. The van der Waals surface area contributed by atoms with Gasteiger partial charge in [0.1, 0.15) is 11.5 Å². The molecule has 7 nitrogen and oxygen atoms in total. The fourth-order valence-electron chi connectivity index (χ4n) is 3.15. The van der Waals surface area contributed by atoms with Crippen LogP contribution in [0.3, 0.4) is 0 Å². The van der Waals surface area contributed by atoms with Crippen LogP contribution in [-0.2, 0) is 0 Å². The average molecular weight is 427 g/mol. The van der Waals surface area contributed by atoms with Crippen LogP contribution in [0.2, 0.25) is 0 Å². The molecule has 1 amide bonds. The Kier molecular flexibility index (Phi) is 5.98. The van der Waals surface area contributed by atoms with Crippen molar-refractivity contribution in [2.24, 2.45) is 0 Å². The summed E-state index contributed by atoms with van der Waals surface area (Å²) in [6.07, 6.45) is 0. The van der Waals surface area contributed by atoms with Crippen molar-refractivity contribution in [1.82, 2.24) is 9.78 Å². The maximum atomic E-state index is 12.9. The lowest BCUT2D eigenvalue weighted by atomic mass is 10.2. The molecule has 32 heavy (non-hydrogen) atoms. The lowest BCUT2D eigenvalue weighted by Gasteiger charge is -2.13. The topological polar surface area (TPSA) is 82.5 Å². The molecule has 0 atom stereocenters. The number of hydrogen-bond acceptors (Lipinski definition) is 5. The van der Waals surface area contributed by atoms with E-state index in [0.29, 0.717) is 17.1 Å². The number of aromatic nitrogens is 2. The largest absolute Gasteiger partial charge is 0.494 e. The zero-order chi connectivity index (χ0) is 22.5. The molecule has 0 radical (unpaired) electrons. The summed E-state index contributed by atoms with van der Waals surface area (Å²) in [4.78, 5) is 25.5. The van der Waals surface area contributed by atoms with Gasteiger partial charge in [-0.1, -0.05) is 36.4 Å². The summed E-state index contributed by atoms with van der Waals surface area (Å²) in [5, 5.41) is 7.07. The smallest absolute Gasteiger partial charge is 0.280 e. The molecule has 1 heterocycles. The molecule has 3 aromatic carbocycles. The highest BCUT2D eigenvalue weighted by Crippen LogP contribution is 2.23. The molecule has 7 heteroatoms. The Balaban J connectivity index is 1.58. The normalized spacial score (nSPS) is 10.4. The van der Waals surface area contributed by atoms with E-state index in [2.05, 4.69) is 10.4 Å². The van der Waals surface area contributed by atoms with Gasteiger partial charge in [0.2, 0.25) is 0 Å². The van der Waals surface area contributed by atoms with Crippen LogP contribution >= 0.6 is 0 Å².